The van der Waals surface area contributed by atoms with Gasteiger partial charge in [0.2, 0.25) is 0 Å². The molecule has 4 aliphatic rings. The van der Waals surface area contributed by atoms with Gasteiger partial charge in [0.05, 0.1) is 4.92 Å². The first-order valence-electron chi connectivity index (χ1n) is 15.2. The van der Waals surface area contributed by atoms with Crippen molar-refractivity contribution in [3.63, 3.8) is 0 Å². The van der Waals surface area contributed by atoms with Crippen LogP contribution in [0.2, 0.25) is 0 Å². The second-order valence-corrected chi connectivity index (χ2v) is 16.6. The molecule has 0 aromatic heterocycles. The van der Waals surface area contributed by atoms with E-state index in [2.05, 4.69) is 36.0 Å². The number of rotatable bonds is 7. The number of hydrogen-bond donors (Lipinski definition) is 2. The molecule has 248 valence electrons. The van der Waals surface area contributed by atoms with Gasteiger partial charge in [-0.15, -0.1) is 0 Å². The van der Waals surface area contributed by atoms with Crippen molar-refractivity contribution < 1.29 is 21.0 Å². The van der Waals surface area contributed by atoms with Crippen molar-refractivity contribution in [2.75, 3.05) is 26.4 Å². The van der Waals surface area contributed by atoms with Crippen LogP contribution in [0.1, 0.15) is 69.4 Å². The van der Waals surface area contributed by atoms with Crippen molar-refractivity contribution in [1.29, 1.82) is 0 Å². The molecule has 0 aliphatic heterocycles. The molecule has 6 rings (SSSR count). The number of anilines is 1. The van der Waals surface area contributed by atoms with Crippen LogP contribution in [0.25, 0.3) is 0 Å². The Labute approximate surface area is 280 Å². The normalized spacial score (nSPS) is 25.5. The van der Waals surface area contributed by atoms with Gasteiger partial charge in [-0.1, -0.05) is 37.1 Å². The standard InChI is InChI=1S/C15H20N2O2.C15H22N2.C2H6O.2ClH.2H2O.Sn/c1-16(15-9-12-2-5-13(15)8-12)10-11-3-6-14(7-4-11)17(18)19;1-17(10-11-3-6-14(16)7-4-11)15-9-12-2-5-13(15)8-12;1-2-3;;;;;/h3-4,6-7,12-13,15H,2,5,8-10H2,1H3;3-4,6-7,12-13,15H,2,5,8-10,16H2,1H3;3H,2H2,1H3;2*1H;2*1H2;/q;;;;;;;+2/p-2/t2*12?,13?,15-;;;;;;/m00....../s1. The molecule has 2 aromatic carbocycles. The SMILES string of the molecule is CCO.CN(Cc1ccc(N)cc1)[C@H]1CC2CCC1C2.CN(Cc1ccc([N+](=O)[O-])cc1)[C@H]1CC2CCC1C2.O.O.[Cl][Sn][Cl]. The molecule has 2 aromatic rings. The van der Waals surface area contributed by atoms with Crippen LogP contribution in [0, 0.1) is 33.8 Å². The Morgan fingerprint density at radius 2 is 1.18 bits per heavy atom. The van der Waals surface area contributed by atoms with Crippen molar-refractivity contribution in [1.82, 2.24) is 9.80 Å². The van der Waals surface area contributed by atoms with Crippen LogP contribution in [0.3, 0.4) is 0 Å². The zero-order valence-corrected chi connectivity index (χ0v) is 30.7. The number of nitrogen functional groups attached to an aromatic ring is 1. The molecule has 4 unspecified atom stereocenters. The molecule has 4 aliphatic carbocycles. The molecular formula is C32H52Cl2N4O5Sn. The van der Waals surface area contributed by atoms with Gasteiger partial charge in [-0.3, -0.25) is 19.9 Å². The zero-order chi connectivity index (χ0) is 30.6. The van der Waals surface area contributed by atoms with Crippen LogP contribution in [0.15, 0.2) is 48.5 Å². The van der Waals surface area contributed by atoms with Crippen molar-refractivity contribution in [2.45, 2.75) is 83.5 Å². The summed E-state index contributed by atoms with van der Waals surface area (Å²) < 4.78 is 0. The van der Waals surface area contributed by atoms with Crippen molar-refractivity contribution in [3.8, 4) is 0 Å². The van der Waals surface area contributed by atoms with E-state index in [0.29, 0.717) is 6.04 Å². The summed E-state index contributed by atoms with van der Waals surface area (Å²) in [7, 11) is 14.3. The molecule has 4 fully saturated rings. The zero-order valence-electron chi connectivity index (χ0n) is 26.3. The topological polar surface area (TPSA) is 159 Å². The Balaban J connectivity index is 0.000000361. The fourth-order valence-electron chi connectivity index (χ4n) is 7.66. The third kappa shape index (κ3) is 12.2. The molecule has 0 saturated heterocycles. The van der Waals surface area contributed by atoms with Gasteiger partial charge in [-0.25, -0.2) is 0 Å². The predicted octanol–water partition coefficient (Wildman–Crippen LogP) is 5.45. The van der Waals surface area contributed by atoms with E-state index < -0.39 is 18.9 Å². The molecule has 44 heavy (non-hydrogen) atoms. The fraction of sp³-hybridized carbons (Fsp3) is 0.625. The van der Waals surface area contributed by atoms with Gasteiger partial charge in [-0.2, -0.15) is 0 Å². The summed E-state index contributed by atoms with van der Waals surface area (Å²) in [6, 6.07) is 16.8. The number of aliphatic hydroxyl groups is 1. The van der Waals surface area contributed by atoms with E-state index in [4.69, 9.17) is 28.7 Å². The van der Waals surface area contributed by atoms with Gasteiger partial charge >= 0.3 is 36.7 Å². The van der Waals surface area contributed by atoms with E-state index in [1.54, 1.807) is 19.1 Å². The van der Waals surface area contributed by atoms with Crippen LogP contribution in [0.4, 0.5) is 11.4 Å². The summed E-state index contributed by atoms with van der Waals surface area (Å²) in [6.07, 6.45) is 11.4. The molecule has 2 radical (unpaired) electrons. The maximum atomic E-state index is 10.6. The van der Waals surface area contributed by atoms with Crippen molar-refractivity contribution in [3.05, 3.63) is 69.8 Å². The van der Waals surface area contributed by atoms with Crippen molar-refractivity contribution >= 4 is 48.1 Å². The molecule has 9 nitrogen and oxygen atoms in total. The fourth-order valence-corrected chi connectivity index (χ4v) is 7.66. The second kappa shape index (κ2) is 20.8. The quantitative estimate of drug-likeness (QED) is 0.165. The number of nitro groups is 1. The molecule has 4 bridgehead atoms. The number of benzene rings is 2. The number of nitrogens with zero attached hydrogens (tertiary/aromatic N) is 3. The summed E-state index contributed by atoms with van der Waals surface area (Å²) in [5.74, 6) is 3.83. The minimum absolute atomic E-state index is 0. The van der Waals surface area contributed by atoms with E-state index in [-0.39, 0.29) is 28.2 Å². The number of non-ortho nitro benzene ring substituents is 1. The maximum absolute atomic E-state index is 10.6. The number of nitro benzene ring substituents is 1. The van der Waals surface area contributed by atoms with E-state index in [0.717, 1.165) is 54.1 Å². The van der Waals surface area contributed by atoms with E-state index in [9.17, 15) is 10.1 Å². The number of fused-ring (bicyclic) bond motifs is 4. The first-order chi connectivity index (χ1) is 20.2. The van der Waals surface area contributed by atoms with Crippen molar-refractivity contribution in [2.24, 2.45) is 23.7 Å². The van der Waals surface area contributed by atoms with E-state index in [1.165, 1.54) is 56.9 Å². The molecule has 7 N–H and O–H groups in total. The molecule has 0 spiro atoms. The van der Waals surface area contributed by atoms with Gasteiger partial charge < -0.3 is 21.8 Å². The van der Waals surface area contributed by atoms with E-state index >= 15 is 0 Å². The number of nitrogens with two attached hydrogens (primary N) is 1. The summed E-state index contributed by atoms with van der Waals surface area (Å²) in [6.45, 7) is 3.89. The van der Waals surface area contributed by atoms with Gasteiger partial charge in [0.25, 0.3) is 5.69 Å². The second-order valence-electron chi connectivity index (χ2n) is 12.4. The first-order valence-corrected chi connectivity index (χ1v) is 22.5. The summed E-state index contributed by atoms with van der Waals surface area (Å²) in [5.41, 5.74) is 9.29. The molecular weight excluding hydrogens is 710 g/mol. The van der Waals surface area contributed by atoms with Gasteiger partial charge in [0.15, 0.2) is 0 Å². The molecule has 0 amide bonds. The Hall–Kier alpha value is -1.18. The average molecular weight is 762 g/mol. The summed E-state index contributed by atoms with van der Waals surface area (Å²) >= 11 is -0.826. The van der Waals surface area contributed by atoms with Crippen LogP contribution in [-0.2, 0) is 13.1 Å². The molecule has 12 heteroatoms. The number of halogens is 2. The molecule has 0 heterocycles. The van der Waals surface area contributed by atoms with Crippen LogP contribution in [0.5, 0.6) is 0 Å². The van der Waals surface area contributed by atoms with E-state index in [1.807, 2.05) is 24.3 Å². The van der Waals surface area contributed by atoms with Gasteiger partial charge in [0.1, 0.15) is 0 Å². The monoisotopic (exact) mass is 762 g/mol. The summed E-state index contributed by atoms with van der Waals surface area (Å²) in [4.78, 5) is 15.3. The van der Waals surface area contributed by atoms with Gasteiger partial charge in [0, 0.05) is 49.6 Å². The summed E-state index contributed by atoms with van der Waals surface area (Å²) in [5, 5.41) is 18.2. The minimum atomic E-state index is -0.826. The third-order valence-corrected chi connectivity index (χ3v) is 9.52. The predicted molar refractivity (Wildman–Crippen MR) is 183 cm³/mol. The Kier molecular flexibility index (Phi) is 19.3. The number of aliphatic hydroxyl groups excluding tert-OH is 1. The number of hydrogen-bond acceptors (Lipinski definition) is 6. The third-order valence-electron chi connectivity index (χ3n) is 9.52. The van der Waals surface area contributed by atoms with Gasteiger partial charge in [-0.05, 0) is 106 Å². The molecule has 4 saturated carbocycles. The first kappa shape index (κ1) is 40.8. The van der Waals surface area contributed by atoms with Crippen LogP contribution in [-0.4, -0.2) is 82.5 Å². The van der Waals surface area contributed by atoms with Crippen LogP contribution < -0.4 is 5.73 Å². The Bertz CT molecular complexity index is 1080. The van der Waals surface area contributed by atoms with Crippen LogP contribution >= 0.6 is 17.8 Å². The molecule has 6 atom stereocenters. The Morgan fingerprint density at radius 1 is 0.818 bits per heavy atom. The Morgan fingerprint density at radius 3 is 1.48 bits per heavy atom. The average Bonchev–Trinajstić information content (AvgIpc) is 3.79.